The minimum atomic E-state index is -0.109. The molecule has 1 aliphatic carbocycles. The molecule has 3 rings (SSSR count). The van der Waals surface area contributed by atoms with Crippen LogP contribution in [0.4, 0.5) is 0 Å². The lowest BCUT2D eigenvalue weighted by Crippen LogP contribution is -2.37. The fourth-order valence-corrected chi connectivity index (χ4v) is 3.91. The Morgan fingerprint density at radius 2 is 1.91 bits per heavy atom. The van der Waals surface area contributed by atoms with E-state index in [4.69, 9.17) is 0 Å². The number of aryl methyl sites for hydroxylation is 1. The van der Waals surface area contributed by atoms with E-state index in [0.29, 0.717) is 11.8 Å². The summed E-state index contributed by atoms with van der Waals surface area (Å²) >= 11 is 0. The van der Waals surface area contributed by atoms with Crippen molar-refractivity contribution >= 4 is 0 Å². The van der Waals surface area contributed by atoms with Gasteiger partial charge >= 0.3 is 0 Å². The lowest BCUT2D eigenvalue weighted by atomic mass is 9.87. The fourth-order valence-electron chi connectivity index (χ4n) is 3.91. The quantitative estimate of drug-likeness (QED) is 0.878. The Hall–Kier alpha value is -0.870. The molecule has 124 valence electrons. The number of hydrogen-bond acceptors (Lipinski definition) is 3. The van der Waals surface area contributed by atoms with Crippen LogP contribution in [0, 0.1) is 11.8 Å². The highest BCUT2D eigenvalue weighted by Gasteiger charge is 2.31. The summed E-state index contributed by atoms with van der Waals surface area (Å²) < 4.78 is 2.08. The standard InChI is InChI=1S/C18H31N3O/c1-13(2)10-17(22)14-6-8-21(9-7-14)12-16-11-19-20(3)18(16)15-4-5-15/h11,13-15,17,22H,4-10,12H2,1-3H3/t17-/m0/s1. The minimum absolute atomic E-state index is 0.109. The van der Waals surface area contributed by atoms with Crippen LogP contribution in [0.3, 0.4) is 0 Å². The van der Waals surface area contributed by atoms with Crippen LogP contribution in [0.2, 0.25) is 0 Å². The van der Waals surface area contributed by atoms with Gasteiger partial charge in [0.1, 0.15) is 0 Å². The van der Waals surface area contributed by atoms with Gasteiger partial charge in [-0.1, -0.05) is 13.8 Å². The molecule has 0 unspecified atom stereocenters. The van der Waals surface area contributed by atoms with E-state index in [9.17, 15) is 5.11 Å². The predicted octanol–water partition coefficient (Wildman–Crippen LogP) is 2.92. The molecule has 2 heterocycles. The second-order valence-electron chi connectivity index (χ2n) is 7.76. The maximum absolute atomic E-state index is 10.3. The molecular formula is C18H31N3O. The largest absolute Gasteiger partial charge is 0.393 e. The molecule has 0 aromatic carbocycles. The Morgan fingerprint density at radius 3 is 2.50 bits per heavy atom. The molecule has 1 atom stereocenters. The summed E-state index contributed by atoms with van der Waals surface area (Å²) in [4.78, 5) is 2.54. The van der Waals surface area contributed by atoms with Crippen LogP contribution in [-0.2, 0) is 13.6 Å². The van der Waals surface area contributed by atoms with Gasteiger partial charge in [0, 0.05) is 30.8 Å². The molecule has 1 aromatic rings. The molecule has 2 fully saturated rings. The number of piperidine rings is 1. The number of aliphatic hydroxyl groups is 1. The fraction of sp³-hybridized carbons (Fsp3) is 0.833. The first-order chi connectivity index (χ1) is 10.5. The van der Waals surface area contributed by atoms with Crippen molar-refractivity contribution < 1.29 is 5.11 Å². The van der Waals surface area contributed by atoms with Crippen molar-refractivity contribution in [3.8, 4) is 0 Å². The zero-order valence-corrected chi connectivity index (χ0v) is 14.3. The summed E-state index contributed by atoms with van der Waals surface area (Å²) in [5.74, 6) is 1.84. The average Bonchev–Trinajstić information content (AvgIpc) is 3.24. The first-order valence-corrected chi connectivity index (χ1v) is 8.95. The van der Waals surface area contributed by atoms with E-state index >= 15 is 0 Å². The van der Waals surface area contributed by atoms with Crippen molar-refractivity contribution in [1.82, 2.24) is 14.7 Å². The van der Waals surface area contributed by atoms with Crippen LogP contribution in [0.5, 0.6) is 0 Å². The molecule has 1 aliphatic heterocycles. The van der Waals surface area contributed by atoms with E-state index in [0.717, 1.165) is 44.8 Å². The summed E-state index contributed by atoms with van der Waals surface area (Å²) in [5, 5.41) is 14.8. The number of hydrogen-bond donors (Lipinski definition) is 1. The molecule has 0 bridgehead atoms. The molecule has 0 radical (unpaired) electrons. The van der Waals surface area contributed by atoms with Crippen molar-refractivity contribution in [2.45, 2.75) is 64.5 Å². The van der Waals surface area contributed by atoms with Crippen LogP contribution in [0.1, 0.15) is 63.1 Å². The van der Waals surface area contributed by atoms with Crippen molar-refractivity contribution in [3.63, 3.8) is 0 Å². The monoisotopic (exact) mass is 305 g/mol. The van der Waals surface area contributed by atoms with E-state index in [1.54, 1.807) is 0 Å². The van der Waals surface area contributed by atoms with E-state index in [2.05, 4.69) is 41.8 Å². The number of aromatic nitrogens is 2. The van der Waals surface area contributed by atoms with Crippen LogP contribution >= 0.6 is 0 Å². The summed E-state index contributed by atoms with van der Waals surface area (Å²) in [6, 6.07) is 0. The Kier molecular flexibility index (Phi) is 4.88. The van der Waals surface area contributed by atoms with Crippen LogP contribution < -0.4 is 0 Å². The Labute approximate surface area is 134 Å². The molecule has 1 aromatic heterocycles. The SMILES string of the molecule is CC(C)C[C@H](O)C1CCN(Cc2cnn(C)c2C2CC2)CC1. The third kappa shape index (κ3) is 3.72. The number of likely N-dealkylation sites (tertiary alicyclic amines) is 1. The normalized spacial score (nSPS) is 22.4. The highest BCUT2D eigenvalue weighted by atomic mass is 16.3. The van der Waals surface area contributed by atoms with Crippen molar-refractivity contribution in [3.05, 3.63) is 17.5 Å². The molecule has 4 nitrogen and oxygen atoms in total. The third-order valence-electron chi connectivity index (χ3n) is 5.31. The first-order valence-electron chi connectivity index (χ1n) is 8.95. The van der Waals surface area contributed by atoms with Gasteiger partial charge in [0.2, 0.25) is 0 Å². The Morgan fingerprint density at radius 1 is 1.23 bits per heavy atom. The van der Waals surface area contributed by atoms with Gasteiger partial charge in [0.25, 0.3) is 0 Å². The van der Waals surface area contributed by atoms with Gasteiger partial charge in [-0.2, -0.15) is 5.10 Å². The number of rotatable bonds is 6. The van der Waals surface area contributed by atoms with Crippen LogP contribution in [-0.4, -0.2) is 39.0 Å². The molecule has 4 heteroatoms. The molecule has 1 saturated heterocycles. The maximum Gasteiger partial charge on any atom is 0.0571 e. The van der Waals surface area contributed by atoms with E-state index in [1.807, 2.05) is 0 Å². The zero-order chi connectivity index (χ0) is 15.7. The molecule has 2 aliphatic rings. The van der Waals surface area contributed by atoms with E-state index in [-0.39, 0.29) is 6.10 Å². The van der Waals surface area contributed by atoms with Crippen LogP contribution in [0.15, 0.2) is 6.20 Å². The molecule has 0 spiro atoms. The van der Waals surface area contributed by atoms with Gasteiger partial charge < -0.3 is 5.11 Å². The highest BCUT2D eigenvalue weighted by Crippen LogP contribution is 2.41. The summed E-state index contributed by atoms with van der Waals surface area (Å²) in [6.45, 7) is 7.64. The molecule has 22 heavy (non-hydrogen) atoms. The second kappa shape index (κ2) is 6.71. The number of nitrogens with zero attached hydrogens (tertiary/aromatic N) is 3. The predicted molar refractivity (Wildman–Crippen MR) is 88.6 cm³/mol. The van der Waals surface area contributed by atoms with Gasteiger partial charge in [-0.15, -0.1) is 0 Å². The van der Waals surface area contributed by atoms with Gasteiger partial charge in [-0.3, -0.25) is 9.58 Å². The summed E-state index contributed by atoms with van der Waals surface area (Å²) in [6.07, 6.45) is 7.82. The number of aliphatic hydroxyl groups excluding tert-OH is 1. The molecule has 0 amide bonds. The Bertz CT molecular complexity index is 485. The highest BCUT2D eigenvalue weighted by molar-refractivity contribution is 5.25. The third-order valence-corrected chi connectivity index (χ3v) is 5.31. The Balaban J connectivity index is 1.52. The lowest BCUT2D eigenvalue weighted by molar-refractivity contribution is 0.0436. The summed E-state index contributed by atoms with van der Waals surface area (Å²) in [5.41, 5.74) is 2.88. The van der Waals surface area contributed by atoms with Gasteiger partial charge in [-0.05, 0) is 57.0 Å². The topological polar surface area (TPSA) is 41.3 Å². The summed E-state index contributed by atoms with van der Waals surface area (Å²) in [7, 11) is 2.08. The van der Waals surface area contributed by atoms with Gasteiger partial charge in [0.05, 0.1) is 12.3 Å². The van der Waals surface area contributed by atoms with Crippen molar-refractivity contribution in [2.75, 3.05) is 13.1 Å². The van der Waals surface area contributed by atoms with E-state index in [1.165, 1.54) is 24.1 Å². The molecule has 1 N–H and O–H groups in total. The van der Waals surface area contributed by atoms with Gasteiger partial charge in [-0.25, -0.2) is 0 Å². The van der Waals surface area contributed by atoms with Crippen LogP contribution in [0.25, 0.3) is 0 Å². The molecule has 1 saturated carbocycles. The van der Waals surface area contributed by atoms with Gasteiger partial charge in [0.15, 0.2) is 0 Å². The smallest absolute Gasteiger partial charge is 0.0571 e. The average molecular weight is 305 g/mol. The maximum atomic E-state index is 10.3. The van der Waals surface area contributed by atoms with Crippen molar-refractivity contribution in [1.29, 1.82) is 0 Å². The lowest BCUT2D eigenvalue weighted by Gasteiger charge is -2.34. The first kappa shape index (κ1) is 16.0. The minimum Gasteiger partial charge on any atom is -0.393 e. The zero-order valence-electron chi connectivity index (χ0n) is 14.3. The van der Waals surface area contributed by atoms with E-state index < -0.39 is 0 Å². The van der Waals surface area contributed by atoms with Crippen molar-refractivity contribution in [2.24, 2.45) is 18.9 Å². The molecular weight excluding hydrogens is 274 g/mol. The second-order valence-corrected chi connectivity index (χ2v) is 7.76.